The van der Waals surface area contributed by atoms with E-state index < -0.39 is 5.82 Å². The van der Waals surface area contributed by atoms with Gasteiger partial charge in [0.15, 0.2) is 23.4 Å². The molecule has 0 radical (unpaired) electrons. The number of benzene rings is 1. The van der Waals surface area contributed by atoms with E-state index in [1.54, 1.807) is 12.1 Å². The molecule has 106 valence electrons. The number of nitrogens with one attached hydrogen (secondary N) is 3. The van der Waals surface area contributed by atoms with Crippen LogP contribution >= 0.6 is 0 Å². The number of nitrogens with zero attached hydrogens (tertiary/aromatic N) is 3. The van der Waals surface area contributed by atoms with Crippen LogP contribution in [-0.2, 0) is 0 Å². The highest BCUT2D eigenvalue weighted by Gasteiger charge is 2.11. The summed E-state index contributed by atoms with van der Waals surface area (Å²) in [5.74, 6) is -1.38. The zero-order valence-corrected chi connectivity index (χ0v) is 10.4. The molecule has 0 spiro atoms. The van der Waals surface area contributed by atoms with Crippen LogP contribution < -0.4 is 5.32 Å². The third-order valence-electron chi connectivity index (χ3n) is 2.86. The summed E-state index contributed by atoms with van der Waals surface area (Å²) < 4.78 is 13.6. The van der Waals surface area contributed by atoms with E-state index in [9.17, 15) is 14.6 Å². The van der Waals surface area contributed by atoms with Crippen molar-refractivity contribution >= 4 is 28.2 Å². The Balaban J connectivity index is 2.02. The molecule has 0 aliphatic heterocycles. The number of aromatic hydroxyl groups is 2. The highest BCUT2D eigenvalue weighted by molar-refractivity contribution is 5.94. The lowest BCUT2D eigenvalue weighted by Gasteiger charge is -2.06. The number of aromatic nitrogens is 3. The molecular formula is C12H9FN6O2. The molecule has 0 saturated carbocycles. The molecule has 9 heteroatoms. The Morgan fingerprint density at radius 2 is 2.00 bits per heavy atom. The van der Waals surface area contributed by atoms with Crippen molar-refractivity contribution in [3.63, 3.8) is 0 Å². The van der Waals surface area contributed by atoms with Crippen LogP contribution in [0.15, 0.2) is 29.5 Å². The summed E-state index contributed by atoms with van der Waals surface area (Å²) in [6.45, 7) is 0. The van der Waals surface area contributed by atoms with Crippen LogP contribution in [0.5, 0.6) is 11.8 Å². The van der Waals surface area contributed by atoms with Gasteiger partial charge in [0, 0.05) is 16.5 Å². The van der Waals surface area contributed by atoms with E-state index in [1.807, 2.05) is 0 Å². The van der Waals surface area contributed by atoms with Crippen LogP contribution in [0, 0.1) is 11.3 Å². The van der Waals surface area contributed by atoms with Crippen molar-refractivity contribution in [3.05, 3.63) is 30.2 Å². The van der Waals surface area contributed by atoms with Gasteiger partial charge in [-0.2, -0.15) is 4.98 Å². The maximum Gasteiger partial charge on any atom is 0.270 e. The van der Waals surface area contributed by atoms with Gasteiger partial charge in [-0.3, -0.25) is 4.98 Å². The predicted molar refractivity (Wildman–Crippen MR) is 71.7 cm³/mol. The first-order valence-electron chi connectivity index (χ1n) is 5.79. The largest absolute Gasteiger partial charge is 0.494 e. The van der Waals surface area contributed by atoms with Gasteiger partial charge in [-0.1, -0.05) is 0 Å². The van der Waals surface area contributed by atoms with Crippen LogP contribution in [-0.4, -0.2) is 25.2 Å². The molecule has 0 fully saturated rings. The molecule has 0 unspecified atom stereocenters. The maximum absolute atomic E-state index is 13.6. The van der Waals surface area contributed by atoms with E-state index in [1.165, 1.54) is 6.07 Å². The van der Waals surface area contributed by atoms with Crippen molar-refractivity contribution in [2.45, 2.75) is 0 Å². The molecule has 8 nitrogen and oxygen atoms in total. The number of aromatic amines is 1. The summed E-state index contributed by atoms with van der Waals surface area (Å²) >= 11 is 0. The minimum absolute atomic E-state index is 0.144. The molecule has 2 heterocycles. The van der Waals surface area contributed by atoms with Crippen LogP contribution in [0.4, 0.5) is 21.8 Å². The minimum Gasteiger partial charge on any atom is -0.494 e. The van der Waals surface area contributed by atoms with Gasteiger partial charge in [0.1, 0.15) is 0 Å². The van der Waals surface area contributed by atoms with Gasteiger partial charge in [-0.15, -0.1) is 5.11 Å². The van der Waals surface area contributed by atoms with E-state index in [-0.39, 0.29) is 23.5 Å². The topological polar surface area (TPSA) is 130 Å². The van der Waals surface area contributed by atoms with Gasteiger partial charge in [0.05, 0.1) is 6.20 Å². The molecule has 0 aliphatic rings. The van der Waals surface area contributed by atoms with Crippen LogP contribution in [0.1, 0.15) is 0 Å². The number of H-pyrrole nitrogens is 1. The molecule has 0 saturated heterocycles. The summed E-state index contributed by atoms with van der Waals surface area (Å²) in [6, 6.07) is 4.65. The lowest BCUT2D eigenvalue weighted by molar-refractivity contribution is 0.429. The van der Waals surface area contributed by atoms with E-state index >= 15 is 0 Å². The normalized spacial score (nSPS) is 10.7. The van der Waals surface area contributed by atoms with Crippen molar-refractivity contribution < 1.29 is 14.6 Å². The zero-order valence-electron chi connectivity index (χ0n) is 10.4. The van der Waals surface area contributed by atoms with Crippen molar-refractivity contribution in [1.82, 2.24) is 15.0 Å². The van der Waals surface area contributed by atoms with Crippen molar-refractivity contribution in [2.24, 2.45) is 5.11 Å². The molecule has 5 N–H and O–H groups in total. The maximum atomic E-state index is 13.6. The quantitative estimate of drug-likeness (QED) is 0.473. The fraction of sp³-hybridized carbons (Fsp3) is 0. The van der Waals surface area contributed by atoms with Crippen LogP contribution in [0.25, 0.3) is 10.8 Å². The van der Waals surface area contributed by atoms with E-state index in [4.69, 9.17) is 5.53 Å². The second kappa shape index (κ2) is 4.71. The number of halogens is 1. The first kappa shape index (κ1) is 12.8. The number of hydrogen-bond acceptors (Lipinski definition) is 7. The Bertz CT molecular complexity index is 847. The summed E-state index contributed by atoms with van der Waals surface area (Å²) in [6.07, 6.45) is 0.904. The average molecular weight is 288 g/mol. The second-order valence-electron chi connectivity index (χ2n) is 4.19. The highest BCUT2D eigenvalue weighted by Crippen LogP contribution is 2.34. The van der Waals surface area contributed by atoms with Crippen molar-refractivity contribution in [3.8, 4) is 11.8 Å². The number of hydrogen-bond donors (Lipinski definition) is 5. The molecule has 3 rings (SSSR count). The second-order valence-corrected chi connectivity index (χ2v) is 4.19. The summed E-state index contributed by atoms with van der Waals surface area (Å²) in [4.78, 5) is 9.61. The standard InChI is InChI=1S/C12H9FN6O2/c13-8-4-15-12(19-14)17-9(8)16-5-1-2-6-7(3-5)11(21)18-10(6)20/h1-4,14,18,20-21H,(H,15,16,17). The first-order valence-corrected chi connectivity index (χ1v) is 5.79. The SMILES string of the molecule is N=Nc1ncc(F)c(Nc2ccc3c(O)[nH]c(O)c3c2)n1. The smallest absolute Gasteiger partial charge is 0.270 e. The molecular weight excluding hydrogens is 279 g/mol. The van der Waals surface area contributed by atoms with Crippen LogP contribution in [0.2, 0.25) is 0 Å². The molecule has 1 aromatic carbocycles. The van der Waals surface area contributed by atoms with E-state index in [2.05, 4.69) is 25.4 Å². The van der Waals surface area contributed by atoms with E-state index in [0.717, 1.165) is 6.20 Å². The molecule has 0 aliphatic carbocycles. The van der Waals surface area contributed by atoms with Gasteiger partial charge < -0.3 is 15.5 Å². The first-order chi connectivity index (χ1) is 10.1. The van der Waals surface area contributed by atoms with Gasteiger partial charge in [-0.05, 0) is 18.2 Å². The van der Waals surface area contributed by atoms with Crippen molar-refractivity contribution in [2.75, 3.05) is 5.32 Å². The molecule has 0 amide bonds. The fourth-order valence-corrected chi connectivity index (χ4v) is 1.91. The summed E-state index contributed by atoms with van der Waals surface area (Å²) in [7, 11) is 0. The molecule has 21 heavy (non-hydrogen) atoms. The van der Waals surface area contributed by atoms with Gasteiger partial charge >= 0.3 is 0 Å². The molecule has 3 aromatic rings. The number of anilines is 2. The molecule has 0 atom stereocenters. The Labute approximate surface area is 116 Å². The average Bonchev–Trinajstić information content (AvgIpc) is 2.76. The lowest BCUT2D eigenvalue weighted by Crippen LogP contribution is -1.98. The Morgan fingerprint density at radius 3 is 2.76 bits per heavy atom. The molecule has 0 bridgehead atoms. The Hall–Kier alpha value is -3.23. The minimum atomic E-state index is -0.705. The number of rotatable bonds is 3. The number of fused-ring (bicyclic) bond motifs is 1. The third-order valence-corrected chi connectivity index (χ3v) is 2.86. The van der Waals surface area contributed by atoms with Gasteiger partial charge in [0.25, 0.3) is 5.95 Å². The fourth-order valence-electron chi connectivity index (χ4n) is 1.91. The predicted octanol–water partition coefficient (Wildman–Crippen LogP) is 2.91. The Kier molecular flexibility index (Phi) is 2.87. The molecule has 2 aromatic heterocycles. The van der Waals surface area contributed by atoms with E-state index in [0.29, 0.717) is 16.5 Å². The Morgan fingerprint density at radius 1 is 1.24 bits per heavy atom. The zero-order chi connectivity index (χ0) is 15.0. The highest BCUT2D eigenvalue weighted by atomic mass is 19.1. The lowest BCUT2D eigenvalue weighted by atomic mass is 10.2. The van der Waals surface area contributed by atoms with Crippen LogP contribution in [0.3, 0.4) is 0 Å². The monoisotopic (exact) mass is 288 g/mol. The third kappa shape index (κ3) is 2.20. The van der Waals surface area contributed by atoms with Crippen molar-refractivity contribution in [1.29, 1.82) is 5.53 Å². The summed E-state index contributed by atoms with van der Waals surface area (Å²) in [5.41, 5.74) is 7.25. The summed E-state index contributed by atoms with van der Waals surface area (Å²) in [5, 5.41) is 25.7. The van der Waals surface area contributed by atoms with Gasteiger partial charge in [-0.25, -0.2) is 14.9 Å². The van der Waals surface area contributed by atoms with Gasteiger partial charge in [0.2, 0.25) is 0 Å².